The first-order chi connectivity index (χ1) is 13.8. The van der Waals surface area contributed by atoms with Gasteiger partial charge in [0.25, 0.3) is 5.91 Å². The summed E-state index contributed by atoms with van der Waals surface area (Å²) >= 11 is 0. The molecule has 7 heteroatoms. The summed E-state index contributed by atoms with van der Waals surface area (Å²) in [5, 5.41) is 8.90. The maximum Gasteiger partial charge on any atom is 0.254 e. The maximum absolute atomic E-state index is 12.9. The minimum Gasteiger partial charge on any atom is -0.331 e. The number of carbonyl (C=O) groups excluding carboxylic acids is 1. The molecule has 1 amide bonds. The number of hydrogen-bond donors (Lipinski definition) is 1. The zero-order valence-electron chi connectivity index (χ0n) is 16.6. The van der Waals surface area contributed by atoms with Gasteiger partial charge in [0.15, 0.2) is 0 Å². The summed E-state index contributed by atoms with van der Waals surface area (Å²) in [6.45, 7) is 8.10. The van der Waals surface area contributed by atoms with Crippen molar-refractivity contribution < 1.29 is 13.2 Å². The molecule has 0 heterocycles. The topological polar surface area (TPSA) is 90.3 Å². The Labute approximate surface area is 172 Å². The molecule has 0 aliphatic rings. The highest BCUT2D eigenvalue weighted by molar-refractivity contribution is 7.89. The first-order valence-electron chi connectivity index (χ1n) is 9.32. The molecule has 1 atom stereocenters. The lowest BCUT2D eigenvalue weighted by Gasteiger charge is -2.21. The van der Waals surface area contributed by atoms with Crippen LogP contribution >= 0.6 is 0 Å². The van der Waals surface area contributed by atoms with Crippen LogP contribution in [0.25, 0.3) is 0 Å². The molecule has 6 nitrogen and oxygen atoms in total. The van der Waals surface area contributed by atoms with E-state index in [2.05, 4.69) is 17.4 Å². The van der Waals surface area contributed by atoms with Crippen molar-refractivity contribution in [3.63, 3.8) is 0 Å². The van der Waals surface area contributed by atoms with Gasteiger partial charge in [-0.15, -0.1) is 6.58 Å². The predicted molar refractivity (Wildman–Crippen MR) is 113 cm³/mol. The Morgan fingerprint density at radius 3 is 2.34 bits per heavy atom. The van der Waals surface area contributed by atoms with Crippen LogP contribution in [0.5, 0.6) is 0 Å². The number of rotatable bonds is 9. The summed E-state index contributed by atoms with van der Waals surface area (Å²) in [7, 11) is -3.62. The van der Waals surface area contributed by atoms with Crippen LogP contribution in [0.4, 0.5) is 0 Å². The van der Waals surface area contributed by atoms with E-state index in [1.54, 1.807) is 42.2 Å². The largest absolute Gasteiger partial charge is 0.331 e. The molecule has 0 saturated heterocycles. The van der Waals surface area contributed by atoms with Crippen LogP contribution in [0.1, 0.15) is 41.8 Å². The van der Waals surface area contributed by atoms with Crippen LogP contribution in [0.15, 0.2) is 66.1 Å². The number of nitrogens with one attached hydrogen (secondary N) is 1. The normalized spacial score (nSPS) is 12.0. The van der Waals surface area contributed by atoms with E-state index in [9.17, 15) is 13.2 Å². The van der Waals surface area contributed by atoms with Crippen molar-refractivity contribution in [1.82, 2.24) is 9.62 Å². The average Bonchev–Trinajstić information content (AvgIpc) is 2.73. The summed E-state index contributed by atoms with van der Waals surface area (Å²) < 4.78 is 27.3. The number of nitrogens with zero attached hydrogens (tertiary/aromatic N) is 2. The van der Waals surface area contributed by atoms with Crippen molar-refractivity contribution in [3.8, 4) is 6.07 Å². The fraction of sp³-hybridized carbons (Fsp3) is 0.273. The Balaban J connectivity index is 2.19. The second-order valence-corrected chi connectivity index (χ2v) is 8.45. The van der Waals surface area contributed by atoms with E-state index in [4.69, 9.17) is 5.26 Å². The molecule has 2 rings (SSSR count). The van der Waals surface area contributed by atoms with Crippen LogP contribution in [0.2, 0.25) is 0 Å². The molecule has 1 unspecified atom stereocenters. The van der Waals surface area contributed by atoms with Crippen LogP contribution in [-0.4, -0.2) is 31.8 Å². The second kappa shape index (κ2) is 10.0. The summed E-state index contributed by atoms with van der Waals surface area (Å²) in [5.74, 6) is -0.229. The van der Waals surface area contributed by atoms with E-state index in [-0.39, 0.29) is 16.8 Å². The molecule has 29 heavy (non-hydrogen) atoms. The summed E-state index contributed by atoms with van der Waals surface area (Å²) in [5.41, 5.74) is 1.83. The smallest absolute Gasteiger partial charge is 0.254 e. The summed E-state index contributed by atoms with van der Waals surface area (Å²) in [6, 6.07) is 14.8. The number of carbonyl (C=O) groups is 1. The Morgan fingerprint density at radius 2 is 1.83 bits per heavy atom. The van der Waals surface area contributed by atoms with Gasteiger partial charge in [0, 0.05) is 24.7 Å². The number of sulfonamides is 1. The van der Waals surface area contributed by atoms with Gasteiger partial charge in [0.2, 0.25) is 10.0 Å². The predicted octanol–water partition coefficient (Wildman–Crippen LogP) is 3.46. The van der Waals surface area contributed by atoms with E-state index >= 15 is 0 Å². The highest BCUT2D eigenvalue weighted by Crippen LogP contribution is 2.15. The Kier molecular flexibility index (Phi) is 7.71. The quantitative estimate of drug-likeness (QED) is 0.640. The van der Waals surface area contributed by atoms with Crippen LogP contribution in [0, 0.1) is 11.3 Å². The number of amides is 1. The van der Waals surface area contributed by atoms with E-state index in [0.717, 1.165) is 5.56 Å². The molecule has 0 fully saturated rings. The lowest BCUT2D eigenvalue weighted by molar-refractivity contribution is 0.0762. The van der Waals surface area contributed by atoms with Gasteiger partial charge in [0.05, 0.1) is 16.5 Å². The number of hydrogen-bond acceptors (Lipinski definition) is 4. The van der Waals surface area contributed by atoms with Gasteiger partial charge in [0.1, 0.15) is 0 Å². The Bertz CT molecular complexity index is 991. The number of benzene rings is 2. The third-order valence-corrected chi connectivity index (χ3v) is 6.08. The highest BCUT2D eigenvalue weighted by atomic mass is 32.2. The van der Waals surface area contributed by atoms with E-state index in [1.807, 2.05) is 6.92 Å². The Morgan fingerprint density at radius 1 is 1.21 bits per heavy atom. The fourth-order valence-corrected chi connectivity index (χ4v) is 3.98. The minimum absolute atomic E-state index is 0.122. The zero-order valence-corrected chi connectivity index (χ0v) is 17.4. The van der Waals surface area contributed by atoms with E-state index in [1.165, 1.54) is 24.3 Å². The third kappa shape index (κ3) is 6.01. The van der Waals surface area contributed by atoms with Gasteiger partial charge in [-0.2, -0.15) is 5.26 Å². The summed E-state index contributed by atoms with van der Waals surface area (Å²) in [4.78, 5) is 14.6. The molecule has 2 aromatic rings. The van der Waals surface area contributed by atoms with Crippen LogP contribution in [0.3, 0.4) is 0 Å². The highest BCUT2D eigenvalue weighted by Gasteiger charge is 2.19. The number of nitriles is 1. The van der Waals surface area contributed by atoms with Gasteiger partial charge in [-0.05, 0) is 55.3 Å². The van der Waals surface area contributed by atoms with Crippen molar-refractivity contribution in [2.24, 2.45) is 0 Å². The maximum atomic E-state index is 12.9. The lowest BCUT2D eigenvalue weighted by Crippen LogP contribution is -2.32. The molecule has 0 aliphatic heterocycles. The zero-order chi connectivity index (χ0) is 21.4. The molecular formula is C22H25N3O3S. The van der Waals surface area contributed by atoms with Crippen molar-refractivity contribution >= 4 is 15.9 Å². The van der Waals surface area contributed by atoms with Crippen molar-refractivity contribution in [2.75, 3.05) is 6.54 Å². The monoisotopic (exact) mass is 411 g/mol. The van der Waals surface area contributed by atoms with Gasteiger partial charge < -0.3 is 4.90 Å². The minimum atomic E-state index is -3.62. The van der Waals surface area contributed by atoms with E-state index in [0.29, 0.717) is 30.6 Å². The Hall–Kier alpha value is -2.95. The van der Waals surface area contributed by atoms with Crippen LogP contribution < -0.4 is 4.72 Å². The van der Waals surface area contributed by atoms with Gasteiger partial charge in [-0.25, -0.2) is 13.1 Å². The molecule has 0 saturated carbocycles. The molecule has 0 spiro atoms. The molecule has 2 aromatic carbocycles. The van der Waals surface area contributed by atoms with Crippen molar-refractivity contribution in [3.05, 3.63) is 77.9 Å². The first-order valence-corrected chi connectivity index (χ1v) is 10.8. The molecule has 0 bridgehead atoms. The molecule has 0 radical (unpaired) electrons. The van der Waals surface area contributed by atoms with Crippen LogP contribution in [-0.2, 0) is 16.6 Å². The molecule has 0 aliphatic carbocycles. The fourth-order valence-electron chi connectivity index (χ4n) is 2.66. The molecule has 1 N–H and O–H groups in total. The lowest BCUT2D eigenvalue weighted by atomic mass is 10.1. The van der Waals surface area contributed by atoms with Crippen molar-refractivity contribution in [1.29, 1.82) is 5.26 Å². The second-order valence-electron chi connectivity index (χ2n) is 6.74. The van der Waals surface area contributed by atoms with Gasteiger partial charge in [-0.1, -0.05) is 25.1 Å². The average molecular weight is 412 g/mol. The standard InChI is InChI=1S/C22H25N3O3S/c1-4-14-25(16-19-8-6-18(15-23)7-9-19)22(26)20-10-12-21(13-11-20)29(27,28)24-17(3)5-2/h4,6-13,17,24H,1,5,14,16H2,2-3H3. The third-order valence-electron chi connectivity index (χ3n) is 4.47. The molecular weight excluding hydrogens is 386 g/mol. The van der Waals surface area contributed by atoms with Gasteiger partial charge >= 0.3 is 0 Å². The van der Waals surface area contributed by atoms with Crippen molar-refractivity contribution in [2.45, 2.75) is 37.8 Å². The SMILES string of the molecule is C=CCN(Cc1ccc(C#N)cc1)C(=O)c1ccc(S(=O)(=O)NC(C)CC)cc1. The molecule has 152 valence electrons. The van der Waals surface area contributed by atoms with E-state index < -0.39 is 10.0 Å². The van der Waals surface area contributed by atoms with Gasteiger partial charge in [-0.3, -0.25) is 4.79 Å². The molecule has 0 aromatic heterocycles. The summed E-state index contributed by atoms with van der Waals surface area (Å²) in [6.07, 6.45) is 2.32. The first kappa shape index (κ1) is 22.3.